The summed E-state index contributed by atoms with van der Waals surface area (Å²) in [5.41, 5.74) is 5.42. The zero-order valence-electron chi connectivity index (χ0n) is 62.5. The summed E-state index contributed by atoms with van der Waals surface area (Å²) >= 11 is 0. The maximum atomic E-state index is 12.8. The monoisotopic (exact) mass is 1370 g/mol. The van der Waals surface area contributed by atoms with E-state index in [-0.39, 0.29) is 38.6 Å². The molecule has 0 amide bonds. The van der Waals surface area contributed by atoms with Gasteiger partial charge in [0.15, 0.2) is 6.10 Å². The molecule has 9 nitrogen and oxygen atoms in total. The smallest absolute Gasteiger partial charge is 0.462 e. The Morgan fingerprint density at radius 1 is 0.309 bits per heavy atom. The van der Waals surface area contributed by atoms with E-state index >= 15 is 0 Å². The number of hydrogen-bond acceptors (Lipinski definition) is 8. The van der Waals surface area contributed by atoms with Crippen LogP contribution in [0, 0.1) is 0 Å². The van der Waals surface area contributed by atoms with Gasteiger partial charge < -0.3 is 20.1 Å². The summed E-state index contributed by atoms with van der Waals surface area (Å²) in [7, 11) is -4.40. The molecule has 10 heteroatoms. The van der Waals surface area contributed by atoms with Crippen LogP contribution in [0.15, 0.2) is 158 Å². The Morgan fingerprint density at radius 3 is 0.794 bits per heavy atom. The van der Waals surface area contributed by atoms with Crippen molar-refractivity contribution < 1.29 is 37.6 Å². The number of unbranched alkanes of at least 4 members (excludes halogenated alkanes) is 35. The summed E-state index contributed by atoms with van der Waals surface area (Å²) in [6.45, 7) is 3.55. The minimum atomic E-state index is -4.40. The van der Waals surface area contributed by atoms with E-state index in [0.717, 1.165) is 122 Å². The molecule has 0 aliphatic rings. The molecule has 0 bridgehead atoms. The molecule has 0 rings (SSSR count). The van der Waals surface area contributed by atoms with Crippen LogP contribution in [0.4, 0.5) is 0 Å². The van der Waals surface area contributed by atoms with Crippen molar-refractivity contribution in [2.45, 2.75) is 354 Å². The van der Waals surface area contributed by atoms with E-state index in [4.69, 9.17) is 24.3 Å². The van der Waals surface area contributed by atoms with Gasteiger partial charge in [0.2, 0.25) is 0 Å². The normalized spacial score (nSPS) is 13.7. The Bertz CT molecular complexity index is 2160. The van der Waals surface area contributed by atoms with Crippen molar-refractivity contribution in [1.82, 2.24) is 0 Å². The second-order valence-electron chi connectivity index (χ2n) is 26.2. The molecule has 0 aliphatic carbocycles. The van der Waals surface area contributed by atoms with Crippen LogP contribution in [0.25, 0.3) is 0 Å². The number of phosphoric ester groups is 1. The molecule has 0 fully saturated rings. The predicted molar refractivity (Wildman–Crippen MR) is 422 cm³/mol. The molecule has 0 aliphatic heterocycles. The fraction of sp³-hybridized carbons (Fsp3) is 0.678. The van der Waals surface area contributed by atoms with Crippen LogP contribution in [0.1, 0.15) is 348 Å². The van der Waals surface area contributed by atoms with Gasteiger partial charge in [-0.05, 0) is 122 Å². The van der Waals surface area contributed by atoms with Gasteiger partial charge in [0.1, 0.15) is 6.61 Å². The van der Waals surface area contributed by atoms with Gasteiger partial charge in [0.05, 0.1) is 13.2 Å². The lowest BCUT2D eigenvalue weighted by molar-refractivity contribution is -0.161. The number of esters is 2. The van der Waals surface area contributed by atoms with E-state index in [0.29, 0.717) is 6.42 Å². The maximum absolute atomic E-state index is 12.8. The van der Waals surface area contributed by atoms with Crippen molar-refractivity contribution in [3.63, 3.8) is 0 Å². The Kier molecular flexibility index (Phi) is 77.0. The third-order valence-electron chi connectivity index (χ3n) is 16.9. The Morgan fingerprint density at radius 2 is 0.536 bits per heavy atom. The van der Waals surface area contributed by atoms with Gasteiger partial charge in [0, 0.05) is 19.4 Å². The SMILES string of the molecule is CC/C=C\C/C=C\C/C=C\C/C=C\C/C=C\C/C=C\C/C=C\C/C=C\C/C=C\CCCCCCCCCCCCCCCC(=O)OC(COC(=O)CCCCCCCCCCCCCCCCCCCCCCCC/C=C\C/C=C\C/C=C\C/C=C\CC)COP(=O)(O)OCCN. The van der Waals surface area contributed by atoms with E-state index < -0.39 is 26.5 Å². The molecular weight excluding hydrogens is 1220 g/mol. The van der Waals surface area contributed by atoms with Crippen LogP contribution in [0.5, 0.6) is 0 Å². The van der Waals surface area contributed by atoms with Crippen LogP contribution in [0.2, 0.25) is 0 Å². The van der Waals surface area contributed by atoms with Crippen LogP contribution < -0.4 is 5.73 Å². The van der Waals surface area contributed by atoms with Gasteiger partial charge >= 0.3 is 19.8 Å². The summed E-state index contributed by atoms with van der Waals surface area (Å²) in [6, 6.07) is 0. The van der Waals surface area contributed by atoms with Crippen LogP contribution in [-0.4, -0.2) is 49.3 Å². The van der Waals surface area contributed by atoms with Crippen molar-refractivity contribution in [3.8, 4) is 0 Å². The van der Waals surface area contributed by atoms with Gasteiger partial charge in [-0.15, -0.1) is 0 Å². The predicted octanol–water partition coefficient (Wildman–Crippen LogP) is 27.1. The van der Waals surface area contributed by atoms with Crippen LogP contribution in [0.3, 0.4) is 0 Å². The average molecular weight is 1370 g/mol. The Labute approximate surface area is 598 Å². The highest BCUT2D eigenvalue weighted by Gasteiger charge is 2.26. The summed E-state index contributed by atoms with van der Waals surface area (Å²) in [4.78, 5) is 35.5. The first-order valence-corrected chi connectivity index (χ1v) is 41.5. The van der Waals surface area contributed by atoms with Gasteiger partial charge in [-0.2, -0.15) is 0 Å². The number of carbonyl (C=O) groups excluding carboxylic acids is 2. The maximum Gasteiger partial charge on any atom is 0.472 e. The number of allylic oxidation sites excluding steroid dienone is 26. The fourth-order valence-corrected chi connectivity index (χ4v) is 11.9. The minimum Gasteiger partial charge on any atom is -0.462 e. The highest BCUT2D eigenvalue weighted by Crippen LogP contribution is 2.43. The van der Waals surface area contributed by atoms with Gasteiger partial charge in [-0.3, -0.25) is 18.6 Å². The summed E-state index contributed by atoms with van der Waals surface area (Å²) in [6.07, 6.45) is 118. The molecular formula is C87H148NO8P. The van der Waals surface area contributed by atoms with E-state index in [9.17, 15) is 19.0 Å². The number of hydrogen-bond donors (Lipinski definition) is 2. The van der Waals surface area contributed by atoms with Gasteiger partial charge in [0.25, 0.3) is 0 Å². The molecule has 0 heterocycles. The lowest BCUT2D eigenvalue weighted by Gasteiger charge is -2.19. The second kappa shape index (κ2) is 80.6. The Hall–Kier alpha value is -4.37. The molecule has 0 spiro atoms. The van der Waals surface area contributed by atoms with E-state index in [1.54, 1.807) is 0 Å². The number of ether oxygens (including phenoxy) is 2. The standard InChI is InChI=1S/C87H148NO8P/c1-3-5-7-9-11-13-15-17-19-21-23-25-27-29-31-33-35-37-39-40-41-42-43-44-46-48-50-52-54-56-58-60-62-64-66-68-70-72-74-76-78-80-87(90)96-85(84-95-97(91,92)94-82-81-88)83-93-86(89)79-77-75-73-71-69-67-65-63-61-59-57-55-53-51-49-47-45-38-36-34-32-30-28-26-24-22-20-18-16-14-12-10-8-6-4-2/h5-8,11-14,17-20,23-26,29,31,35,37,40-41,43-44,48,50,85H,3-4,9-10,15-16,21-22,27-28,30,32-34,36,38-39,42,45-47,49,51-84,88H2,1-2H3,(H,91,92)/b7-5-,8-6-,13-11-,14-12-,19-17-,20-18-,25-23-,26-24-,31-29-,37-35-,41-40-,44-43-,50-48-. The second-order valence-corrected chi connectivity index (χ2v) is 27.6. The van der Waals surface area contributed by atoms with Gasteiger partial charge in [-0.25, -0.2) is 4.57 Å². The van der Waals surface area contributed by atoms with Crippen molar-refractivity contribution >= 4 is 19.8 Å². The third kappa shape index (κ3) is 80.5. The minimum absolute atomic E-state index is 0.0492. The van der Waals surface area contributed by atoms with Crippen LogP contribution in [-0.2, 0) is 32.7 Å². The van der Waals surface area contributed by atoms with Crippen molar-refractivity contribution in [3.05, 3.63) is 158 Å². The first-order chi connectivity index (χ1) is 47.8. The molecule has 0 radical (unpaired) electrons. The van der Waals surface area contributed by atoms with Crippen molar-refractivity contribution in [1.29, 1.82) is 0 Å². The quantitative estimate of drug-likeness (QED) is 0.0264. The molecule has 0 aromatic heterocycles. The molecule has 3 N–H and O–H groups in total. The molecule has 2 unspecified atom stereocenters. The molecule has 2 atom stereocenters. The summed E-state index contributed by atoms with van der Waals surface area (Å²) < 4.78 is 33.3. The molecule has 0 saturated heterocycles. The highest BCUT2D eigenvalue weighted by molar-refractivity contribution is 7.47. The number of phosphoric acid groups is 1. The first-order valence-electron chi connectivity index (χ1n) is 40.0. The topological polar surface area (TPSA) is 134 Å². The van der Waals surface area contributed by atoms with Crippen molar-refractivity contribution in [2.75, 3.05) is 26.4 Å². The highest BCUT2D eigenvalue weighted by atomic mass is 31.2. The van der Waals surface area contributed by atoms with Gasteiger partial charge in [-0.1, -0.05) is 371 Å². The zero-order chi connectivity index (χ0) is 70.0. The lowest BCUT2D eigenvalue weighted by atomic mass is 10.0. The van der Waals surface area contributed by atoms with Crippen molar-refractivity contribution in [2.24, 2.45) is 5.73 Å². The molecule has 554 valence electrons. The molecule has 97 heavy (non-hydrogen) atoms. The van der Waals surface area contributed by atoms with E-state index in [1.807, 2.05) is 0 Å². The molecule has 0 saturated carbocycles. The average Bonchev–Trinajstić information content (AvgIpc) is 2.57. The largest absolute Gasteiger partial charge is 0.472 e. The van der Waals surface area contributed by atoms with Crippen LogP contribution >= 0.6 is 7.82 Å². The zero-order valence-corrected chi connectivity index (χ0v) is 63.4. The fourth-order valence-electron chi connectivity index (χ4n) is 11.1. The number of nitrogens with two attached hydrogens (primary N) is 1. The number of rotatable bonds is 74. The molecule has 0 aromatic carbocycles. The lowest BCUT2D eigenvalue weighted by Crippen LogP contribution is -2.29. The van der Waals surface area contributed by atoms with E-state index in [1.165, 1.54) is 193 Å². The Balaban J connectivity index is 3.84. The number of carbonyl (C=O) groups is 2. The molecule has 0 aromatic rings. The van der Waals surface area contributed by atoms with E-state index in [2.05, 4.69) is 172 Å². The third-order valence-corrected chi connectivity index (χ3v) is 17.9. The first kappa shape index (κ1) is 92.6. The summed E-state index contributed by atoms with van der Waals surface area (Å²) in [5.74, 6) is -0.821. The summed E-state index contributed by atoms with van der Waals surface area (Å²) in [5, 5.41) is 0.